The predicted molar refractivity (Wildman–Crippen MR) is 123 cm³/mol. The number of ether oxygens (including phenoxy) is 1. The van der Waals surface area contributed by atoms with Gasteiger partial charge in [-0.15, -0.1) is 0 Å². The number of nitrogens with zero attached hydrogens (tertiary/aromatic N) is 1. The third-order valence-corrected chi connectivity index (χ3v) is 5.43. The molecule has 1 saturated heterocycles. The molecule has 0 aliphatic carbocycles. The zero-order valence-corrected chi connectivity index (χ0v) is 18.4. The van der Waals surface area contributed by atoms with E-state index >= 15 is 0 Å². The Balaban J connectivity index is 1.38. The van der Waals surface area contributed by atoms with Crippen molar-refractivity contribution in [1.29, 1.82) is 0 Å². The highest BCUT2D eigenvalue weighted by molar-refractivity contribution is 5.91. The Morgan fingerprint density at radius 2 is 1.65 bits per heavy atom. The second-order valence-corrected chi connectivity index (χ2v) is 8.12. The van der Waals surface area contributed by atoms with Crippen molar-refractivity contribution in [3.8, 4) is 0 Å². The largest absolute Gasteiger partial charge is 0.378 e. The quantitative estimate of drug-likeness (QED) is 0.558. The van der Waals surface area contributed by atoms with E-state index < -0.39 is 0 Å². The van der Waals surface area contributed by atoms with Crippen LogP contribution in [0.5, 0.6) is 0 Å². The highest BCUT2D eigenvalue weighted by Crippen LogP contribution is 2.18. The molecule has 3 rings (SSSR count). The minimum absolute atomic E-state index is 0.0528. The maximum absolute atomic E-state index is 12.4. The van der Waals surface area contributed by atoms with Gasteiger partial charge in [-0.1, -0.05) is 37.3 Å². The molecule has 1 unspecified atom stereocenters. The molecule has 7 heteroatoms. The number of nitrogens with one attached hydrogen (secondary N) is 3. The fourth-order valence-corrected chi connectivity index (χ4v) is 3.62. The third kappa shape index (κ3) is 7.38. The fourth-order valence-electron chi connectivity index (χ4n) is 3.62. The molecular formula is C24H33N4O3+. The van der Waals surface area contributed by atoms with Gasteiger partial charge in [-0.3, -0.25) is 9.59 Å². The second-order valence-electron chi connectivity index (χ2n) is 8.12. The molecule has 2 atom stereocenters. The smallest absolute Gasteiger partial charge is 0.279 e. The van der Waals surface area contributed by atoms with Gasteiger partial charge in [-0.05, 0) is 35.7 Å². The standard InChI is InChI=1S/C24H32N4O3/c1-19(20-6-4-3-5-7-20)16-25-23(29)17-27(2)18-24(30)26-21-8-10-22(11-9-21)28-12-14-31-15-13-28/h3-11,19H,12-18H2,1-2H3,(H,25,29)(H,26,30)/p+1/t19-/m1/s1. The Morgan fingerprint density at radius 1 is 1.00 bits per heavy atom. The predicted octanol–water partition coefficient (Wildman–Crippen LogP) is 0.896. The molecule has 0 spiro atoms. The van der Waals surface area contributed by atoms with Gasteiger partial charge in [0.1, 0.15) is 0 Å². The maximum Gasteiger partial charge on any atom is 0.279 e. The molecule has 166 valence electrons. The number of anilines is 2. The number of carbonyl (C=O) groups excluding carboxylic acids is 2. The van der Waals surface area contributed by atoms with Crippen LogP contribution >= 0.6 is 0 Å². The molecule has 3 N–H and O–H groups in total. The average Bonchev–Trinajstić information content (AvgIpc) is 2.79. The van der Waals surface area contributed by atoms with Crippen LogP contribution in [0.25, 0.3) is 0 Å². The summed E-state index contributed by atoms with van der Waals surface area (Å²) in [5.41, 5.74) is 3.09. The van der Waals surface area contributed by atoms with Gasteiger partial charge in [-0.2, -0.15) is 0 Å². The van der Waals surface area contributed by atoms with Crippen molar-refractivity contribution in [3.05, 3.63) is 60.2 Å². The van der Waals surface area contributed by atoms with Crippen LogP contribution in [-0.4, -0.2) is 64.8 Å². The van der Waals surface area contributed by atoms with Gasteiger partial charge in [0.05, 0.1) is 20.3 Å². The van der Waals surface area contributed by atoms with Gasteiger partial charge in [0.25, 0.3) is 11.8 Å². The first-order valence-electron chi connectivity index (χ1n) is 10.9. The molecule has 0 aromatic heterocycles. The highest BCUT2D eigenvalue weighted by Gasteiger charge is 2.16. The number of amides is 2. The topological polar surface area (TPSA) is 75.1 Å². The second kappa shape index (κ2) is 11.5. The number of morpholine rings is 1. The molecule has 0 radical (unpaired) electrons. The molecular weight excluding hydrogens is 392 g/mol. The number of rotatable bonds is 9. The van der Waals surface area contributed by atoms with Crippen molar-refractivity contribution in [1.82, 2.24) is 5.32 Å². The normalized spacial score (nSPS) is 15.7. The van der Waals surface area contributed by atoms with Crippen molar-refractivity contribution >= 4 is 23.2 Å². The molecule has 31 heavy (non-hydrogen) atoms. The summed E-state index contributed by atoms with van der Waals surface area (Å²) in [5.74, 6) is 0.0826. The van der Waals surface area contributed by atoms with E-state index in [0.717, 1.165) is 42.6 Å². The van der Waals surface area contributed by atoms with Crippen molar-refractivity contribution in [2.75, 3.05) is 63.2 Å². The van der Waals surface area contributed by atoms with Crippen LogP contribution in [0.3, 0.4) is 0 Å². The number of likely N-dealkylation sites (N-methyl/N-ethyl adjacent to an activating group) is 1. The van der Waals surface area contributed by atoms with E-state index in [0.29, 0.717) is 6.54 Å². The first-order valence-corrected chi connectivity index (χ1v) is 10.9. The van der Waals surface area contributed by atoms with Crippen LogP contribution in [0, 0.1) is 0 Å². The Hall–Kier alpha value is -2.90. The molecule has 1 aliphatic rings. The number of carbonyl (C=O) groups is 2. The highest BCUT2D eigenvalue weighted by atomic mass is 16.5. The molecule has 1 aliphatic heterocycles. The zero-order valence-electron chi connectivity index (χ0n) is 18.4. The van der Waals surface area contributed by atoms with Crippen LogP contribution in [0.4, 0.5) is 11.4 Å². The number of quaternary nitrogens is 1. The van der Waals surface area contributed by atoms with Gasteiger partial charge in [-0.25, -0.2) is 0 Å². The Kier molecular flexibility index (Phi) is 8.44. The lowest BCUT2D eigenvalue weighted by molar-refractivity contribution is -0.862. The first kappa shape index (κ1) is 22.8. The Bertz CT molecular complexity index is 836. The van der Waals surface area contributed by atoms with E-state index in [1.54, 1.807) is 0 Å². The minimum Gasteiger partial charge on any atom is -0.378 e. The number of hydrogen-bond donors (Lipinski definition) is 3. The van der Waals surface area contributed by atoms with Crippen LogP contribution in [0.15, 0.2) is 54.6 Å². The van der Waals surface area contributed by atoms with E-state index in [9.17, 15) is 9.59 Å². The third-order valence-electron chi connectivity index (χ3n) is 5.43. The maximum atomic E-state index is 12.4. The summed E-state index contributed by atoms with van der Waals surface area (Å²) in [7, 11) is 1.85. The lowest BCUT2D eigenvalue weighted by Crippen LogP contribution is -3.11. The van der Waals surface area contributed by atoms with Crippen LogP contribution in [0.2, 0.25) is 0 Å². The summed E-state index contributed by atoms with van der Waals surface area (Å²) in [6.45, 7) is 6.40. The molecule has 0 bridgehead atoms. The molecule has 0 saturated carbocycles. The average molecular weight is 426 g/mol. The van der Waals surface area contributed by atoms with Gasteiger partial charge < -0.3 is 25.2 Å². The summed E-state index contributed by atoms with van der Waals surface area (Å²) >= 11 is 0. The van der Waals surface area contributed by atoms with E-state index in [1.165, 1.54) is 5.56 Å². The minimum atomic E-state index is -0.109. The molecule has 2 aromatic rings. The molecule has 7 nitrogen and oxygen atoms in total. The number of hydrogen-bond acceptors (Lipinski definition) is 4. The molecule has 2 amide bonds. The molecule has 2 aromatic carbocycles. The van der Waals surface area contributed by atoms with Crippen molar-refractivity contribution in [3.63, 3.8) is 0 Å². The Labute approximate surface area is 184 Å². The monoisotopic (exact) mass is 425 g/mol. The summed E-state index contributed by atoms with van der Waals surface area (Å²) in [5, 5.41) is 5.88. The van der Waals surface area contributed by atoms with Crippen molar-refractivity contribution in [2.45, 2.75) is 12.8 Å². The van der Waals surface area contributed by atoms with Crippen LogP contribution in [0.1, 0.15) is 18.4 Å². The van der Waals surface area contributed by atoms with Gasteiger partial charge >= 0.3 is 0 Å². The Morgan fingerprint density at radius 3 is 2.32 bits per heavy atom. The lowest BCUT2D eigenvalue weighted by Gasteiger charge is -2.28. The molecule has 1 heterocycles. The van der Waals surface area contributed by atoms with E-state index in [-0.39, 0.29) is 30.8 Å². The van der Waals surface area contributed by atoms with E-state index in [2.05, 4.69) is 34.6 Å². The fraction of sp³-hybridized carbons (Fsp3) is 0.417. The van der Waals surface area contributed by atoms with Crippen LogP contribution < -0.4 is 20.4 Å². The van der Waals surface area contributed by atoms with Gasteiger partial charge in [0.15, 0.2) is 13.1 Å². The van der Waals surface area contributed by atoms with Gasteiger partial charge in [0.2, 0.25) is 0 Å². The van der Waals surface area contributed by atoms with E-state index in [4.69, 9.17) is 4.74 Å². The summed E-state index contributed by atoms with van der Waals surface area (Å²) < 4.78 is 5.38. The summed E-state index contributed by atoms with van der Waals surface area (Å²) in [6.07, 6.45) is 0. The van der Waals surface area contributed by atoms with Crippen LogP contribution in [-0.2, 0) is 14.3 Å². The first-order chi connectivity index (χ1) is 15.0. The number of benzene rings is 2. The van der Waals surface area contributed by atoms with Gasteiger partial charge in [0, 0.05) is 31.0 Å². The SMILES string of the molecule is C[C@H](CNC(=O)C[NH+](C)CC(=O)Nc1ccc(N2CCOCC2)cc1)c1ccccc1. The van der Waals surface area contributed by atoms with E-state index in [1.807, 2.05) is 49.5 Å². The molecule has 1 fully saturated rings. The summed E-state index contributed by atoms with van der Waals surface area (Å²) in [4.78, 5) is 27.7. The van der Waals surface area contributed by atoms with Crippen molar-refractivity contribution in [2.24, 2.45) is 0 Å². The lowest BCUT2D eigenvalue weighted by atomic mass is 10.0. The zero-order chi connectivity index (χ0) is 22.1. The van der Waals surface area contributed by atoms with Crippen molar-refractivity contribution < 1.29 is 19.2 Å². The summed E-state index contributed by atoms with van der Waals surface area (Å²) in [6, 6.07) is 18.0.